The Bertz CT molecular complexity index is 4010. The van der Waals surface area contributed by atoms with Crippen LogP contribution in [0.4, 0.5) is 52.8 Å². The molecule has 0 saturated carbocycles. The molecule has 0 radical (unpaired) electrons. The second kappa shape index (κ2) is 20.2. The lowest BCUT2D eigenvalue weighted by atomic mass is 10.00. The van der Waals surface area contributed by atoms with Crippen LogP contribution in [-0.4, -0.2) is 139 Å². The molecule has 5 aromatic rings. The Morgan fingerprint density at radius 3 is 1.95 bits per heavy atom. The molecule has 6 heterocycles. The molecule has 0 spiro atoms. The van der Waals surface area contributed by atoms with Crippen molar-refractivity contribution in [3.05, 3.63) is 104 Å². The smallest absolute Gasteiger partial charge is 0.300 e. The van der Waals surface area contributed by atoms with E-state index in [1.54, 1.807) is 4.90 Å². The Morgan fingerprint density at radius 2 is 1.30 bits per heavy atom. The van der Waals surface area contributed by atoms with Crippen molar-refractivity contribution >= 4 is 117 Å². The molecule has 2 aromatic heterocycles. The highest BCUT2D eigenvalue weighted by Gasteiger charge is 2.43. The fourth-order valence-electron chi connectivity index (χ4n) is 8.71. The molecule has 77 heavy (non-hydrogen) atoms. The number of halogens is 2. The van der Waals surface area contributed by atoms with Crippen LogP contribution >= 0.6 is 23.2 Å². The van der Waals surface area contributed by atoms with E-state index in [0.29, 0.717) is 58.3 Å². The molecule has 27 nitrogen and oxygen atoms in total. The van der Waals surface area contributed by atoms with E-state index in [1.807, 2.05) is 36.1 Å². The van der Waals surface area contributed by atoms with Crippen molar-refractivity contribution in [3.8, 4) is 17.2 Å². The van der Waals surface area contributed by atoms with Crippen LogP contribution < -0.4 is 41.2 Å². The number of hydrogen-bond acceptors (Lipinski definition) is 24. The van der Waals surface area contributed by atoms with Crippen LogP contribution in [0.1, 0.15) is 5.56 Å². The zero-order valence-corrected chi connectivity index (χ0v) is 43.6. The number of para-hydroxylation sites is 2. The zero-order chi connectivity index (χ0) is 54.0. The van der Waals surface area contributed by atoms with Gasteiger partial charge in [0.15, 0.2) is 28.1 Å². The lowest BCUT2D eigenvalue weighted by Gasteiger charge is -2.37. The molecular weight excluding hydrogens is 1110 g/mol. The van der Waals surface area contributed by atoms with Gasteiger partial charge in [0.2, 0.25) is 29.7 Å². The summed E-state index contributed by atoms with van der Waals surface area (Å²) in [5, 5.41) is 11.0. The summed E-state index contributed by atoms with van der Waals surface area (Å²) < 4.78 is 133. The van der Waals surface area contributed by atoms with Gasteiger partial charge in [0.25, 0.3) is 26.2 Å². The third-order valence-electron chi connectivity index (χ3n) is 12.3. The second-order valence-corrected chi connectivity index (χ2v) is 22.2. The van der Waals surface area contributed by atoms with Gasteiger partial charge in [-0.15, -0.1) is 0 Å². The van der Waals surface area contributed by atoms with Crippen LogP contribution in [0.2, 0.25) is 10.0 Å². The first-order valence-corrected chi connectivity index (χ1v) is 28.1. The number of allylic oxidation sites excluding steroid dienone is 1. The lowest BCUT2D eigenvalue weighted by molar-refractivity contribution is 0.122. The van der Waals surface area contributed by atoms with E-state index >= 15 is 0 Å². The molecule has 2 unspecified atom stereocenters. The highest BCUT2D eigenvalue weighted by Crippen LogP contribution is 2.51. The summed E-state index contributed by atoms with van der Waals surface area (Å²) in [6, 6.07) is 14.2. The van der Waals surface area contributed by atoms with Gasteiger partial charge in [0, 0.05) is 31.9 Å². The molecule has 400 valence electrons. The molecule has 0 amide bonds. The van der Waals surface area contributed by atoms with Crippen LogP contribution in [0.15, 0.2) is 103 Å². The molecule has 2 saturated heterocycles. The normalized spacial score (nSPS) is 18.2. The summed E-state index contributed by atoms with van der Waals surface area (Å²) in [7, 11) is -15.1. The molecule has 0 bridgehead atoms. The molecule has 4 aliphatic heterocycles. The monoisotopic (exact) mass is 1150 g/mol. The van der Waals surface area contributed by atoms with Gasteiger partial charge >= 0.3 is 10.1 Å². The van der Waals surface area contributed by atoms with Crippen molar-refractivity contribution in [1.29, 1.82) is 0 Å². The largest absolute Gasteiger partial charge is 0.478 e. The number of nitrogens with one attached hydrogen (secondary N) is 4. The summed E-state index contributed by atoms with van der Waals surface area (Å²) in [5.74, 6) is -1.10. The molecular formula is C45H40Cl2N14O13S3. The van der Waals surface area contributed by atoms with E-state index in [2.05, 4.69) is 61.1 Å². The minimum absolute atomic E-state index is 0.0321. The topological polar surface area (TPSA) is 361 Å². The average Bonchev–Trinajstić information content (AvgIpc) is 3.42. The molecule has 6 aliphatic rings. The van der Waals surface area contributed by atoms with E-state index in [9.17, 15) is 38.9 Å². The first-order valence-electron chi connectivity index (χ1n) is 23.0. The number of ether oxygens (including phenoxy) is 3. The van der Waals surface area contributed by atoms with Crippen molar-refractivity contribution < 1.29 is 57.5 Å². The Kier molecular flexibility index (Phi) is 13.6. The number of benzene rings is 4. The average molecular weight is 1150 g/mol. The third kappa shape index (κ3) is 10.5. The lowest BCUT2D eigenvalue weighted by Crippen LogP contribution is -2.46. The van der Waals surface area contributed by atoms with Gasteiger partial charge in [0.1, 0.15) is 36.7 Å². The summed E-state index contributed by atoms with van der Waals surface area (Å²) >= 11 is 14.0. The molecule has 2 aliphatic carbocycles. The molecule has 2 fully saturated rings. The van der Waals surface area contributed by atoms with Crippen molar-refractivity contribution in [2.24, 2.45) is 4.99 Å². The number of nitrogens with zero attached hydrogens (tertiary/aromatic N) is 10. The molecule has 7 N–H and O–H groups in total. The van der Waals surface area contributed by atoms with E-state index < -0.39 is 74.3 Å². The zero-order valence-electron chi connectivity index (χ0n) is 39.6. The predicted octanol–water partition coefficient (Wildman–Crippen LogP) is 5.13. The fourth-order valence-corrected chi connectivity index (χ4v) is 11.5. The fraction of sp³-hybridized carbons (Fsp3) is 0.244. The predicted molar refractivity (Wildman–Crippen MR) is 279 cm³/mol. The summed E-state index contributed by atoms with van der Waals surface area (Å²) in [6.07, 6.45) is 1.38. The number of aryl methyl sites for hydroxylation is 1. The number of aromatic nitrogens is 7. The maximum Gasteiger partial charge on any atom is 0.300 e. The number of rotatable bonds is 12. The quantitative estimate of drug-likeness (QED) is 0.0616. The van der Waals surface area contributed by atoms with Gasteiger partial charge in [-0.2, -0.15) is 55.2 Å². The van der Waals surface area contributed by atoms with E-state index in [-0.39, 0.29) is 79.4 Å². The minimum atomic E-state index is -5.27. The van der Waals surface area contributed by atoms with Gasteiger partial charge in [-0.05, 0) is 48.9 Å². The van der Waals surface area contributed by atoms with Gasteiger partial charge < -0.3 is 49.7 Å². The van der Waals surface area contributed by atoms with E-state index in [0.717, 1.165) is 11.6 Å². The highest BCUT2D eigenvalue weighted by molar-refractivity contribution is 7.90. The Morgan fingerprint density at radius 1 is 0.688 bits per heavy atom. The molecule has 32 heteroatoms. The number of morpholine rings is 2. The van der Waals surface area contributed by atoms with Gasteiger partial charge in [0.05, 0.1) is 49.2 Å². The van der Waals surface area contributed by atoms with E-state index in [4.69, 9.17) is 41.8 Å². The minimum Gasteiger partial charge on any atom is -0.478 e. The van der Waals surface area contributed by atoms with Crippen molar-refractivity contribution in [2.75, 3.05) is 83.7 Å². The van der Waals surface area contributed by atoms with Crippen molar-refractivity contribution in [1.82, 2.24) is 34.9 Å². The van der Waals surface area contributed by atoms with Gasteiger partial charge in [-0.1, -0.05) is 59.6 Å². The van der Waals surface area contributed by atoms with E-state index in [1.165, 1.54) is 42.5 Å². The summed E-state index contributed by atoms with van der Waals surface area (Å²) in [5.41, 5.74) is 0.581. The number of anilines is 8. The number of fused-ring (bicyclic) bond motifs is 4. The number of hydrogen-bond donors (Lipinski definition) is 7. The Hall–Kier alpha value is -7.39. The summed E-state index contributed by atoms with van der Waals surface area (Å²) in [4.78, 5) is 37.4. The maximum absolute atomic E-state index is 13.4. The maximum atomic E-state index is 13.4. The van der Waals surface area contributed by atoms with Crippen LogP contribution in [0.3, 0.4) is 0 Å². The van der Waals surface area contributed by atoms with Crippen molar-refractivity contribution in [2.45, 2.75) is 28.9 Å². The summed E-state index contributed by atoms with van der Waals surface area (Å²) in [6.45, 7) is 4.91. The highest BCUT2D eigenvalue weighted by atomic mass is 35.5. The van der Waals surface area contributed by atoms with Crippen LogP contribution in [-0.2, 0) is 39.8 Å². The van der Waals surface area contributed by atoms with Gasteiger partial charge in [-0.25, -0.2) is 9.98 Å². The first kappa shape index (κ1) is 51.7. The van der Waals surface area contributed by atoms with Gasteiger partial charge in [-0.3, -0.25) is 13.7 Å². The molecule has 2 atom stereocenters. The second-order valence-electron chi connectivity index (χ2n) is 17.3. The molecule has 3 aromatic carbocycles. The first-order chi connectivity index (χ1) is 36.8. The Labute approximate surface area is 446 Å². The SMILES string of the molecule is Cc1ccccc1Nc1nc(NC2=C(S(=O)(=O)O)C3Oc4c(c(Cl)c5oc6c(S(=O)(=O)O)c(=Nc7nc(Nc8ccccc8S(=O)(=O)O)nc(N8CCOCC8)n7)ccc-6nc5c4Cl)NC3C=C2)nc(N2CCOCC2)n1. The Balaban J connectivity index is 0.979. The van der Waals surface area contributed by atoms with Crippen molar-refractivity contribution in [3.63, 3.8) is 0 Å². The van der Waals surface area contributed by atoms with Crippen LogP contribution in [0.5, 0.6) is 5.75 Å². The van der Waals surface area contributed by atoms with Crippen LogP contribution in [0.25, 0.3) is 22.6 Å². The van der Waals surface area contributed by atoms with Crippen LogP contribution in [0, 0.1) is 6.92 Å². The third-order valence-corrected chi connectivity index (χ3v) is 15.8. The standard InChI is InChI=1S/C45H40Cl2N14O13S3/c1-22-6-2-3-7-23(22)50-40-54-42(58-44(56-40)60-14-18-71-19-15-60)52-27-12-10-25-34(38(27)76(65,66)67)73-36-30(46)33-37(31(47)32(36)48-25)74-35-26(49-33)11-13-28(39(35)77(68,69)70)53-43-55-41(57-45(59-43)61-16-20-72-21-17-61)51-24-8-4-5-9-29(24)75(62,63)64/h2-13,25,34,48H,14-21H2,1H3,(H,62,63,64)(H,65,66,67)(H,68,69,70)(H,51,55,57,59)(H2,50,52,54,56,58). The molecule has 11 rings (SSSR count).